The fraction of sp³-hybridized carbons (Fsp3) is 0.421. The molecule has 1 aromatic carbocycles. The summed E-state index contributed by atoms with van der Waals surface area (Å²) in [7, 11) is -3.04. The Morgan fingerprint density at radius 1 is 1.26 bits per heavy atom. The molecule has 1 fully saturated rings. The van der Waals surface area contributed by atoms with Crippen LogP contribution < -0.4 is 5.32 Å². The van der Waals surface area contributed by atoms with E-state index in [1.807, 2.05) is 0 Å². The summed E-state index contributed by atoms with van der Waals surface area (Å²) in [6.45, 7) is 0. The first-order valence-corrected chi connectivity index (χ1v) is 10.9. The summed E-state index contributed by atoms with van der Waals surface area (Å²) in [6, 6.07) is 8.70. The van der Waals surface area contributed by atoms with Gasteiger partial charge in [-0.1, -0.05) is 12.1 Å². The number of hydrogen-bond acceptors (Lipinski definition) is 5. The Bertz CT molecular complexity index is 1050. The highest BCUT2D eigenvalue weighted by Crippen LogP contribution is 2.31. The summed E-state index contributed by atoms with van der Waals surface area (Å²) in [6.07, 6.45) is 4.10. The van der Waals surface area contributed by atoms with Gasteiger partial charge in [-0.05, 0) is 44.2 Å². The quantitative estimate of drug-likeness (QED) is 0.874. The predicted molar refractivity (Wildman–Crippen MR) is 100 cm³/mol. The molecule has 0 bridgehead atoms. The fourth-order valence-electron chi connectivity index (χ4n) is 3.95. The minimum Gasteiger partial charge on any atom is -0.319 e. The summed E-state index contributed by atoms with van der Waals surface area (Å²) in [5, 5.41) is 16.6. The normalized spacial score (nSPS) is 20.6. The second kappa shape index (κ2) is 6.82. The molecule has 7 nitrogen and oxygen atoms in total. The Hall–Kier alpha value is -2.66. The molecule has 2 aliphatic rings. The van der Waals surface area contributed by atoms with Crippen molar-refractivity contribution < 1.29 is 13.2 Å². The van der Waals surface area contributed by atoms with Crippen molar-refractivity contribution in [2.45, 2.75) is 38.1 Å². The summed E-state index contributed by atoms with van der Waals surface area (Å²) in [4.78, 5) is 12.9. The van der Waals surface area contributed by atoms with Gasteiger partial charge in [0.05, 0.1) is 28.8 Å². The number of nitrogens with zero attached hydrogens (tertiary/aromatic N) is 3. The van der Waals surface area contributed by atoms with Gasteiger partial charge < -0.3 is 5.32 Å². The van der Waals surface area contributed by atoms with Crippen LogP contribution >= 0.6 is 0 Å². The molecule has 0 spiro atoms. The van der Waals surface area contributed by atoms with Crippen LogP contribution in [0, 0.1) is 11.3 Å². The van der Waals surface area contributed by atoms with Gasteiger partial charge in [-0.25, -0.2) is 8.42 Å². The first kappa shape index (κ1) is 17.7. The van der Waals surface area contributed by atoms with E-state index in [0.29, 0.717) is 23.4 Å². The van der Waals surface area contributed by atoms with Gasteiger partial charge in [0.15, 0.2) is 15.5 Å². The van der Waals surface area contributed by atoms with Crippen molar-refractivity contribution in [1.82, 2.24) is 9.78 Å². The van der Waals surface area contributed by atoms with Crippen LogP contribution in [0.4, 0.5) is 5.69 Å². The standard InChI is InChI=1S/C19H20N4O3S/c20-11-13-5-1-3-7-16(13)21-19(24)18-15-6-2-4-8-17(15)23(22-18)14-9-10-27(25,26)12-14/h1,3,5,7,14H,2,4,6,8-10,12H2,(H,21,24)/t14-/m1/s1. The van der Waals surface area contributed by atoms with E-state index in [1.54, 1.807) is 28.9 Å². The van der Waals surface area contributed by atoms with Crippen LogP contribution in [0.2, 0.25) is 0 Å². The summed E-state index contributed by atoms with van der Waals surface area (Å²) < 4.78 is 25.5. The van der Waals surface area contributed by atoms with E-state index in [4.69, 9.17) is 0 Å². The number of rotatable bonds is 3. The van der Waals surface area contributed by atoms with Crippen molar-refractivity contribution in [3.8, 4) is 6.07 Å². The number of nitrogens with one attached hydrogen (secondary N) is 1. The second-order valence-electron chi connectivity index (χ2n) is 7.09. The highest BCUT2D eigenvalue weighted by atomic mass is 32.2. The van der Waals surface area contributed by atoms with Crippen molar-refractivity contribution in [3.63, 3.8) is 0 Å². The molecule has 0 radical (unpaired) electrons. The third-order valence-electron chi connectivity index (χ3n) is 5.27. The molecule has 4 rings (SSSR count). The maximum absolute atomic E-state index is 12.9. The van der Waals surface area contributed by atoms with Crippen molar-refractivity contribution >= 4 is 21.4 Å². The van der Waals surface area contributed by atoms with Crippen molar-refractivity contribution in [3.05, 3.63) is 46.8 Å². The Labute approximate surface area is 157 Å². The number of aromatic nitrogens is 2. The van der Waals surface area contributed by atoms with Gasteiger partial charge in [0.1, 0.15) is 6.07 Å². The van der Waals surface area contributed by atoms with Crippen LogP contribution in [-0.2, 0) is 22.7 Å². The van der Waals surface area contributed by atoms with Gasteiger partial charge >= 0.3 is 0 Å². The number of carbonyl (C=O) groups is 1. The molecule has 0 saturated carbocycles. The van der Waals surface area contributed by atoms with Crippen LogP contribution in [0.5, 0.6) is 0 Å². The maximum Gasteiger partial charge on any atom is 0.276 e. The number of carbonyl (C=O) groups excluding carboxylic acids is 1. The molecule has 1 aliphatic heterocycles. The van der Waals surface area contributed by atoms with Gasteiger partial charge in [0.2, 0.25) is 0 Å². The maximum atomic E-state index is 12.9. The lowest BCUT2D eigenvalue weighted by Crippen LogP contribution is -2.17. The number of para-hydroxylation sites is 1. The lowest BCUT2D eigenvalue weighted by molar-refractivity contribution is 0.102. The smallest absolute Gasteiger partial charge is 0.276 e. The Morgan fingerprint density at radius 2 is 2.04 bits per heavy atom. The van der Waals surface area contributed by atoms with E-state index in [2.05, 4.69) is 16.5 Å². The van der Waals surface area contributed by atoms with Crippen LogP contribution in [0.25, 0.3) is 0 Å². The number of sulfone groups is 1. The number of benzene rings is 1. The largest absolute Gasteiger partial charge is 0.319 e. The zero-order chi connectivity index (χ0) is 19.0. The average Bonchev–Trinajstić information content (AvgIpc) is 3.22. The molecule has 1 amide bonds. The molecule has 27 heavy (non-hydrogen) atoms. The highest BCUT2D eigenvalue weighted by Gasteiger charge is 2.34. The Morgan fingerprint density at radius 3 is 2.78 bits per heavy atom. The van der Waals surface area contributed by atoms with Crippen molar-refractivity contribution in [1.29, 1.82) is 5.26 Å². The molecule has 2 aromatic rings. The van der Waals surface area contributed by atoms with E-state index in [-0.39, 0.29) is 23.5 Å². The van der Waals surface area contributed by atoms with E-state index in [0.717, 1.165) is 36.9 Å². The summed E-state index contributed by atoms with van der Waals surface area (Å²) in [5.74, 6) is -0.0986. The Kier molecular flexibility index (Phi) is 4.48. The van der Waals surface area contributed by atoms with Gasteiger partial charge in [0.25, 0.3) is 5.91 Å². The zero-order valence-electron chi connectivity index (χ0n) is 14.8. The molecule has 1 aromatic heterocycles. The van der Waals surface area contributed by atoms with Gasteiger partial charge in [-0.3, -0.25) is 9.48 Å². The lowest BCUT2D eigenvalue weighted by Gasteiger charge is -2.17. The monoisotopic (exact) mass is 384 g/mol. The van der Waals surface area contributed by atoms with Crippen molar-refractivity contribution in [2.75, 3.05) is 16.8 Å². The van der Waals surface area contributed by atoms with Crippen LogP contribution in [-0.4, -0.2) is 35.6 Å². The van der Waals surface area contributed by atoms with Crippen LogP contribution in [0.3, 0.4) is 0 Å². The summed E-state index contributed by atoms with van der Waals surface area (Å²) in [5.41, 5.74) is 3.09. The number of fused-ring (bicyclic) bond motifs is 1. The number of hydrogen-bond donors (Lipinski definition) is 1. The SMILES string of the molecule is N#Cc1ccccc1NC(=O)c1nn([C@@H]2CCS(=O)(=O)C2)c2c1CCCC2. The third kappa shape index (κ3) is 3.35. The molecule has 2 heterocycles. The lowest BCUT2D eigenvalue weighted by atomic mass is 9.95. The molecule has 140 valence electrons. The highest BCUT2D eigenvalue weighted by molar-refractivity contribution is 7.91. The minimum atomic E-state index is -3.04. The number of anilines is 1. The van der Waals surface area contributed by atoms with E-state index in [9.17, 15) is 18.5 Å². The summed E-state index contributed by atoms with van der Waals surface area (Å²) >= 11 is 0. The molecule has 1 aliphatic carbocycles. The molecule has 0 unspecified atom stereocenters. The molecular weight excluding hydrogens is 364 g/mol. The first-order chi connectivity index (χ1) is 13.0. The van der Waals surface area contributed by atoms with Crippen molar-refractivity contribution in [2.24, 2.45) is 0 Å². The van der Waals surface area contributed by atoms with Gasteiger partial charge in [0, 0.05) is 11.3 Å². The second-order valence-corrected chi connectivity index (χ2v) is 9.32. The zero-order valence-corrected chi connectivity index (χ0v) is 15.6. The molecule has 1 saturated heterocycles. The molecule has 1 atom stereocenters. The predicted octanol–water partition coefficient (Wildman–Crippen LogP) is 2.25. The third-order valence-corrected chi connectivity index (χ3v) is 7.02. The van der Waals surface area contributed by atoms with E-state index in [1.165, 1.54) is 0 Å². The van der Waals surface area contributed by atoms with Gasteiger partial charge in [-0.2, -0.15) is 10.4 Å². The minimum absolute atomic E-state index is 0.0828. The molecule has 1 N–H and O–H groups in total. The molecule has 8 heteroatoms. The number of amides is 1. The van der Waals surface area contributed by atoms with Crippen LogP contribution in [0.15, 0.2) is 24.3 Å². The molecular formula is C19H20N4O3S. The van der Waals surface area contributed by atoms with E-state index >= 15 is 0 Å². The Balaban J connectivity index is 1.69. The van der Waals surface area contributed by atoms with E-state index < -0.39 is 9.84 Å². The number of nitriles is 1. The topological polar surface area (TPSA) is 105 Å². The average molecular weight is 384 g/mol. The van der Waals surface area contributed by atoms with Crippen LogP contribution in [0.1, 0.15) is 52.6 Å². The van der Waals surface area contributed by atoms with Gasteiger partial charge in [-0.15, -0.1) is 0 Å². The fourth-order valence-corrected chi connectivity index (χ4v) is 5.64. The first-order valence-electron chi connectivity index (χ1n) is 9.09.